The van der Waals surface area contributed by atoms with Crippen LogP contribution in [0, 0.1) is 6.92 Å². The Morgan fingerprint density at radius 2 is 2.21 bits per heavy atom. The fraction of sp³-hybridized carbons (Fsp3) is 0.643. The molecule has 0 unspecified atom stereocenters. The molecule has 1 aromatic rings. The molecule has 1 saturated heterocycles. The zero-order valence-corrected chi connectivity index (χ0v) is 12.2. The lowest BCUT2D eigenvalue weighted by Gasteiger charge is -2.29. The lowest BCUT2D eigenvalue weighted by Crippen LogP contribution is -2.37. The molecule has 1 aromatic heterocycles. The van der Waals surface area contributed by atoms with Crippen molar-refractivity contribution in [1.29, 1.82) is 0 Å². The van der Waals surface area contributed by atoms with E-state index in [1.54, 1.807) is 0 Å². The third kappa shape index (κ3) is 4.60. The van der Waals surface area contributed by atoms with Crippen molar-refractivity contribution >= 4 is 17.2 Å². The maximum absolute atomic E-state index is 11.8. The predicted molar refractivity (Wildman–Crippen MR) is 77.7 cm³/mol. The van der Waals surface area contributed by atoms with E-state index in [-0.39, 0.29) is 12.0 Å². The second-order valence-corrected chi connectivity index (χ2v) is 6.38. The van der Waals surface area contributed by atoms with Crippen LogP contribution in [0.3, 0.4) is 0 Å². The van der Waals surface area contributed by atoms with Crippen LogP contribution in [-0.2, 0) is 0 Å². The Morgan fingerprint density at radius 1 is 1.47 bits per heavy atom. The van der Waals surface area contributed by atoms with Gasteiger partial charge in [-0.25, -0.2) is 0 Å². The summed E-state index contributed by atoms with van der Waals surface area (Å²) in [4.78, 5) is 16.1. The highest BCUT2D eigenvalue weighted by Crippen LogP contribution is 2.14. The van der Waals surface area contributed by atoms with Crippen LogP contribution in [0.4, 0.5) is 0 Å². The van der Waals surface area contributed by atoms with E-state index in [1.165, 1.54) is 11.3 Å². The number of nitrogens with one attached hydrogen (secondary N) is 1. The number of carbonyl (C=O) groups is 1. The molecular formula is C14H22N2O2S. The van der Waals surface area contributed by atoms with E-state index >= 15 is 0 Å². The first kappa shape index (κ1) is 14.5. The number of rotatable bonds is 5. The van der Waals surface area contributed by atoms with Gasteiger partial charge < -0.3 is 15.3 Å². The minimum Gasteiger partial charge on any atom is -0.393 e. The van der Waals surface area contributed by atoms with Crippen LogP contribution in [0.15, 0.2) is 12.1 Å². The number of amides is 1. The van der Waals surface area contributed by atoms with Crippen LogP contribution in [0.1, 0.15) is 33.8 Å². The molecule has 1 fully saturated rings. The highest BCUT2D eigenvalue weighted by Gasteiger charge is 2.16. The molecular weight excluding hydrogens is 260 g/mol. The highest BCUT2D eigenvalue weighted by atomic mass is 32.1. The summed E-state index contributed by atoms with van der Waals surface area (Å²) in [6.45, 7) is 5.66. The second kappa shape index (κ2) is 7.03. The average molecular weight is 282 g/mol. The SMILES string of the molecule is Cc1ccc(C(=O)NCCCN2CCC(O)CC2)s1. The predicted octanol–water partition coefficient (Wildman–Crippen LogP) is 1.63. The summed E-state index contributed by atoms with van der Waals surface area (Å²) in [6.07, 6.45) is 2.60. The summed E-state index contributed by atoms with van der Waals surface area (Å²) in [6, 6.07) is 3.85. The van der Waals surface area contributed by atoms with Crippen molar-refractivity contribution in [2.45, 2.75) is 32.3 Å². The molecule has 4 nitrogen and oxygen atoms in total. The second-order valence-electron chi connectivity index (χ2n) is 5.09. The summed E-state index contributed by atoms with van der Waals surface area (Å²) in [5, 5.41) is 12.4. The third-order valence-electron chi connectivity index (χ3n) is 3.46. The molecule has 0 bridgehead atoms. The number of hydrogen-bond acceptors (Lipinski definition) is 4. The van der Waals surface area contributed by atoms with Crippen molar-refractivity contribution in [1.82, 2.24) is 10.2 Å². The van der Waals surface area contributed by atoms with Crippen molar-refractivity contribution in [3.63, 3.8) is 0 Å². The lowest BCUT2D eigenvalue weighted by atomic mass is 10.1. The maximum Gasteiger partial charge on any atom is 0.261 e. The van der Waals surface area contributed by atoms with Crippen LogP contribution in [0.2, 0.25) is 0 Å². The Balaban J connectivity index is 1.60. The first-order chi connectivity index (χ1) is 9.15. The molecule has 0 spiro atoms. The first-order valence-corrected chi connectivity index (χ1v) is 7.72. The Hall–Kier alpha value is -0.910. The smallest absolute Gasteiger partial charge is 0.261 e. The van der Waals surface area contributed by atoms with Crippen molar-refractivity contribution in [3.8, 4) is 0 Å². The molecule has 0 atom stereocenters. The average Bonchev–Trinajstić information content (AvgIpc) is 2.83. The quantitative estimate of drug-likeness (QED) is 0.807. The Kier molecular flexibility index (Phi) is 5.36. The van der Waals surface area contributed by atoms with E-state index in [0.29, 0.717) is 0 Å². The van der Waals surface area contributed by atoms with Crippen molar-refractivity contribution in [2.24, 2.45) is 0 Å². The van der Waals surface area contributed by atoms with Gasteiger partial charge in [0.25, 0.3) is 5.91 Å². The number of aryl methyl sites for hydroxylation is 1. The summed E-state index contributed by atoms with van der Waals surface area (Å²) in [5.74, 6) is 0.0344. The van der Waals surface area contributed by atoms with Gasteiger partial charge in [-0.15, -0.1) is 11.3 Å². The van der Waals surface area contributed by atoms with Gasteiger partial charge in [-0.05, 0) is 44.9 Å². The minimum absolute atomic E-state index is 0.0344. The van der Waals surface area contributed by atoms with Crippen molar-refractivity contribution in [3.05, 3.63) is 21.9 Å². The summed E-state index contributed by atoms with van der Waals surface area (Å²) < 4.78 is 0. The molecule has 0 saturated carbocycles. The highest BCUT2D eigenvalue weighted by molar-refractivity contribution is 7.13. The number of thiophene rings is 1. The molecule has 1 aliphatic heterocycles. The summed E-state index contributed by atoms with van der Waals surface area (Å²) >= 11 is 1.53. The molecule has 2 N–H and O–H groups in total. The molecule has 2 heterocycles. The molecule has 2 rings (SSSR count). The van der Waals surface area contributed by atoms with Crippen LogP contribution in [0.5, 0.6) is 0 Å². The van der Waals surface area contributed by atoms with Crippen molar-refractivity contribution < 1.29 is 9.90 Å². The van der Waals surface area contributed by atoms with Crippen LogP contribution in [-0.4, -0.2) is 48.2 Å². The standard InChI is InChI=1S/C14H22N2O2S/c1-11-3-4-13(19-11)14(18)15-7-2-8-16-9-5-12(17)6-10-16/h3-4,12,17H,2,5-10H2,1H3,(H,15,18). The lowest BCUT2D eigenvalue weighted by molar-refractivity contribution is 0.0816. The van der Waals surface area contributed by atoms with E-state index < -0.39 is 0 Å². The van der Waals surface area contributed by atoms with Gasteiger partial charge in [0, 0.05) is 24.5 Å². The topological polar surface area (TPSA) is 52.6 Å². The van der Waals surface area contributed by atoms with E-state index in [1.807, 2.05) is 19.1 Å². The number of piperidine rings is 1. The van der Waals surface area contributed by atoms with Crippen LogP contribution >= 0.6 is 11.3 Å². The number of hydrogen-bond donors (Lipinski definition) is 2. The summed E-state index contributed by atoms with van der Waals surface area (Å²) in [5.41, 5.74) is 0. The van der Waals surface area contributed by atoms with Gasteiger partial charge in [0.2, 0.25) is 0 Å². The first-order valence-electron chi connectivity index (χ1n) is 6.90. The van der Waals surface area contributed by atoms with Gasteiger partial charge in [-0.3, -0.25) is 4.79 Å². The molecule has 0 aliphatic carbocycles. The normalized spacial score (nSPS) is 17.6. The fourth-order valence-electron chi connectivity index (χ4n) is 2.29. The number of aliphatic hydroxyl groups is 1. The van der Waals surface area contributed by atoms with E-state index in [0.717, 1.165) is 55.2 Å². The fourth-order valence-corrected chi connectivity index (χ4v) is 3.08. The molecule has 0 aromatic carbocycles. The molecule has 19 heavy (non-hydrogen) atoms. The van der Waals surface area contributed by atoms with Gasteiger partial charge in [-0.1, -0.05) is 0 Å². The van der Waals surface area contributed by atoms with Crippen LogP contribution in [0.25, 0.3) is 0 Å². The van der Waals surface area contributed by atoms with Gasteiger partial charge in [-0.2, -0.15) is 0 Å². The van der Waals surface area contributed by atoms with E-state index in [4.69, 9.17) is 0 Å². The monoisotopic (exact) mass is 282 g/mol. The number of aliphatic hydroxyl groups excluding tert-OH is 1. The summed E-state index contributed by atoms with van der Waals surface area (Å²) in [7, 11) is 0. The maximum atomic E-state index is 11.8. The largest absolute Gasteiger partial charge is 0.393 e. The minimum atomic E-state index is -0.113. The molecule has 106 valence electrons. The molecule has 1 amide bonds. The Labute approximate surface area is 118 Å². The molecule has 0 radical (unpaired) electrons. The number of carbonyl (C=O) groups excluding carboxylic acids is 1. The van der Waals surface area contributed by atoms with Crippen molar-refractivity contribution in [2.75, 3.05) is 26.2 Å². The third-order valence-corrected chi connectivity index (χ3v) is 4.46. The zero-order chi connectivity index (χ0) is 13.7. The van der Waals surface area contributed by atoms with Gasteiger partial charge in [0.05, 0.1) is 11.0 Å². The zero-order valence-electron chi connectivity index (χ0n) is 11.4. The Morgan fingerprint density at radius 3 is 2.84 bits per heavy atom. The van der Waals surface area contributed by atoms with E-state index in [9.17, 15) is 9.90 Å². The number of likely N-dealkylation sites (tertiary alicyclic amines) is 1. The van der Waals surface area contributed by atoms with Gasteiger partial charge >= 0.3 is 0 Å². The van der Waals surface area contributed by atoms with E-state index in [2.05, 4.69) is 10.2 Å². The van der Waals surface area contributed by atoms with Gasteiger partial charge in [0.1, 0.15) is 0 Å². The molecule has 1 aliphatic rings. The van der Waals surface area contributed by atoms with Crippen LogP contribution < -0.4 is 5.32 Å². The molecule has 5 heteroatoms. The Bertz CT molecular complexity index is 411. The van der Waals surface area contributed by atoms with Gasteiger partial charge in [0.15, 0.2) is 0 Å². The number of nitrogens with zero attached hydrogens (tertiary/aromatic N) is 1.